The Balaban J connectivity index is 1.83. The van der Waals surface area contributed by atoms with Crippen molar-refractivity contribution in [2.75, 3.05) is 6.26 Å². The van der Waals surface area contributed by atoms with Crippen LogP contribution in [0.1, 0.15) is 5.69 Å². The highest BCUT2D eigenvalue weighted by molar-refractivity contribution is 7.84. The lowest BCUT2D eigenvalue weighted by atomic mass is 10.3. The van der Waals surface area contributed by atoms with Crippen molar-refractivity contribution in [1.29, 1.82) is 0 Å². The predicted molar refractivity (Wildman–Crippen MR) is 75.0 cm³/mol. The summed E-state index contributed by atoms with van der Waals surface area (Å²) in [5.74, 6) is -0.286. The Morgan fingerprint density at radius 1 is 1.24 bits per heavy atom. The van der Waals surface area contributed by atoms with Crippen LogP contribution in [0, 0.1) is 5.82 Å². The minimum atomic E-state index is -1.20. The lowest BCUT2D eigenvalue weighted by Crippen LogP contribution is -2.06. The monoisotopic (exact) mass is 305 g/mol. The van der Waals surface area contributed by atoms with Crippen LogP contribution in [0.5, 0.6) is 0 Å². The van der Waals surface area contributed by atoms with Gasteiger partial charge in [0.1, 0.15) is 12.1 Å². The van der Waals surface area contributed by atoms with E-state index in [2.05, 4.69) is 15.3 Å². The van der Waals surface area contributed by atoms with Crippen LogP contribution < -0.4 is 0 Å². The Kier molecular flexibility index (Phi) is 3.61. The molecule has 1 aromatic carbocycles. The molecule has 1 unspecified atom stereocenters. The third-order valence-corrected chi connectivity index (χ3v) is 3.74. The molecule has 0 aliphatic heterocycles. The van der Waals surface area contributed by atoms with Gasteiger partial charge in [-0.25, -0.2) is 9.07 Å². The number of hydrogen-bond acceptors (Lipinski definition) is 4. The number of hydrogen-bond donors (Lipinski definition) is 0. The van der Waals surface area contributed by atoms with Crippen molar-refractivity contribution in [3.05, 3.63) is 54.4 Å². The average Bonchev–Trinajstić information content (AvgIpc) is 3.09. The van der Waals surface area contributed by atoms with Crippen molar-refractivity contribution in [1.82, 2.24) is 24.5 Å². The van der Waals surface area contributed by atoms with Crippen molar-refractivity contribution in [2.24, 2.45) is 0 Å². The Bertz CT molecular complexity index is 780. The Morgan fingerprint density at radius 2 is 2.00 bits per heavy atom. The molecule has 108 valence electrons. The normalized spacial score (nSPS) is 12.5. The van der Waals surface area contributed by atoms with Crippen LogP contribution in [0.15, 0.2) is 48.0 Å². The standard InChI is InChI=1S/C13H12FN5OS/c1-21(20)13-16-15-9-18(13)8-11-6-7-19(17-11)12-4-2-10(14)3-5-12/h2-7,9H,8H2,1H3. The molecule has 0 saturated heterocycles. The molecule has 21 heavy (non-hydrogen) atoms. The number of halogens is 1. The molecule has 0 saturated carbocycles. The SMILES string of the molecule is CS(=O)c1nncn1Cc1ccn(-c2ccc(F)cc2)n1. The molecule has 3 aromatic rings. The molecule has 3 rings (SSSR count). The van der Waals surface area contributed by atoms with E-state index in [4.69, 9.17) is 0 Å². The van der Waals surface area contributed by atoms with Crippen LogP contribution in [0.25, 0.3) is 5.69 Å². The fraction of sp³-hybridized carbons (Fsp3) is 0.154. The van der Waals surface area contributed by atoms with Gasteiger partial charge in [-0.1, -0.05) is 0 Å². The van der Waals surface area contributed by atoms with Crippen LogP contribution in [0.3, 0.4) is 0 Å². The quantitative estimate of drug-likeness (QED) is 0.730. The maximum atomic E-state index is 12.9. The largest absolute Gasteiger partial charge is 0.300 e. The zero-order valence-electron chi connectivity index (χ0n) is 11.2. The number of aromatic nitrogens is 5. The summed E-state index contributed by atoms with van der Waals surface area (Å²) in [5, 5.41) is 12.4. The van der Waals surface area contributed by atoms with Gasteiger partial charge in [-0.15, -0.1) is 10.2 Å². The summed E-state index contributed by atoms with van der Waals surface area (Å²) in [5.41, 5.74) is 1.54. The molecule has 0 bridgehead atoms. The lowest BCUT2D eigenvalue weighted by Gasteiger charge is -2.02. The molecule has 0 amide bonds. The molecular formula is C13H12FN5OS. The summed E-state index contributed by atoms with van der Waals surface area (Å²) < 4.78 is 27.7. The average molecular weight is 305 g/mol. The minimum Gasteiger partial charge on any atom is -0.300 e. The molecule has 0 radical (unpaired) electrons. The first kappa shape index (κ1) is 13.6. The van der Waals surface area contributed by atoms with Gasteiger partial charge in [-0.2, -0.15) is 5.10 Å². The summed E-state index contributed by atoms with van der Waals surface area (Å²) in [6.45, 7) is 0.427. The van der Waals surface area contributed by atoms with Crippen LogP contribution in [0.2, 0.25) is 0 Å². The summed E-state index contributed by atoms with van der Waals surface area (Å²) in [4.78, 5) is 0. The molecule has 2 aromatic heterocycles. The van der Waals surface area contributed by atoms with Crippen molar-refractivity contribution in [3.63, 3.8) is 0 Å². The fourth-order valence-corrected chi connectivity index (χ4v) is 2.54. The van der Waals surface area contributed by atoms with Crippen LogP contribution in [-0.4, -0.2) is 35.0 Å². The van der Waals surface area contributed by atoms with Crippen molar-refractivity contribution in [3.8, 4) is 5.69 Å². The second-order valence-electron chi connectivity index (χ2n) is 4.42. The maximum Gasteiger partial charge on any atom is 0.221 e. The molecule has 2 heterocycles. The van der Waals surface area contributed by atoms with Gasteiger partial charge in [0.25, 0.3) is 0 Å². The molecule has 6 nitrogen and oxygen atoms in total. The van der Waals surface area contributed by atoms with Gasteiger partial charge < -0.3 is 4.57 Å². The highest BCUT2D eigenvalue weighted by Crippen LogP contribution is 2.10. The van der Waals surface area contributed by atoms with E-state index in [9.17, 15) is 8.60 Å². The topological polar surface area (TPSA) is 65.6 Å². The summed E-state index contributed by atoms with van der Waals surface area (Å²) >= 11 is 0. The molecule has 0 aliphatic carbocycles. The van der Waals surface area contributed by atoms with E-state index >= 15 is 0 Å². The van der Waals surface area contributed by atoms with Crippen LogP contribution >= 0.6 is 0 Å². The lowest BCUT2D eigenvalue weighted by molar-refractivity contribution is 0.626. The molecule has 8 heteroatoms. The van der Waals surface area contributed by atoms with Gasteiger partial charge in [-0.3, -0.25) is 4.21 Å². The Labute approximate surface area is 122 Å². The van der Waals surface area contributed by atoms with Gasteiger partial charge >= 0.3 is 0 Å². The third kappa shape index (κ3) is 2.89. The summed E-state index contributed by atoms with van der Waals surface area (Å²) in [7, 11) is -1.20. The minimum absolute atomic E-state index is 0.286. The van der Waals surface area contributed by atoms with E-state index in [0.717, 1.165) is 11.4 Å². The second-order valence-corrected chi connectivity index (χ2v) is 5.70. The molecule has 0 N–H and O–H groups in total. The van der Waals surface area contributed by atoms with Crippen molar-refractivity contribution < 1.29 is 8.60 Å². The summed E-state index contributed by atoms with van der Waals surface area (Å²) in [6.07, 6.45) is 4.86. The molecule has 0 fully saturated rings. The Hall–Kier alpha value is -2.35. The molecular weight excluding hydrogens is 293 g/mol. The van der Waals surface area contributed by atoms with Gasteiger partial charge in [0.2, 0.25) is 5.16 Å². The molecule has 0 aliphatic rings. The smallest absolute Gasteiger partial charge is 0.221 e. The van der Waals surface area contributed by atoms with Gasteiger partial charge in [0.15, 0.2) is 0 Å². The zero-order valence-corrected chi connectivity index (χ0v) is 12.0. The number of rotatable bonds is 4. The van der Waals surface area contributed by atoms with E-state index in [1.165, 1.54) is 18.5 Å². The first-order valence-electron chi connectivity index (χ1n) is 6.15. The molecule has 1 atom stereocenters. The Morgan fingerprint density at radius 3 is 2.71 bits per heavy atom. The number of benzene rings is 1. The fourth-order valence-electron chi connectivity index (χ4n) is 1.93. The van der Waals surface area contributed by atoms with Gasteiger partial charge in [0.05, 0.1) is 28.7 Å². The number of nitrogens with zero attached hydrogens (tertiary/aromatic N) is 5. The zero-order chi connectivity index (χ0) is 14.8. The van der Waals surface area contributed by atoms with E-state index in [1.54, 1.807) is 33.8 Å². The first-order chi connectivity index (χ1) is 10.1. The summed E-state index contributed by atoms with van der Waals surface area (Å²) in [6, 6.07) is 7.91. The van der Waals surface area contributed by atoms with Gasteiger partial charge in [0, 0.05) is 12.5 Å². The van der Waals surface area contributed by atoms with Crippen molar-refractivity contribution in [2.45, 2.75) is 11.7 Å². The maximum absolute atomic E-state index is 12.9. The predicted octanol–water partition coefficient (Wildman–Crippen LogP) is 1.39. The van der Waals surface area contributed by atoms with E-state index in [-0.39, 0.29) is 5.82 Å². The highest BCUT2D eigenvalue weighted by Gasteiger charge is 2.10. The second kappa shape index (κ2) is 5.57. The van der Waals surface area contributed by atoms with E-state index in [1.807, 2.05) is 6.07 Å². The van der Waals surface area contributed by atoms with Crippen LogP contribution in [0.4, 0.5) is 4.39 Å². The highest BCUT2D eigenvalue weighted by atomic mass is 32.2. The molecule has 0 spiro atoms. The van der Waals surface area contributed by atoms with Crippen molar-refractivity contribution >= 4 is 10.8 Å². The first-order valence-corrected chi connectivity index (χ1v) is 7.71. The van der Waals surface area contributed by atoms with Gasteiger partial charge in [-0.05, 0) is 30.3 Å². The van der Waals surface area contributed by atoms with Crippen LogP contribution in [-0.2, 0) is 17.3 Å². The van der Waals surface area contributed by atoms with E-state index < -0.39 is 10.8 Å². The third-order valence-electron chi connectivity index (χ3n) is 2.90. The van der Waals surface area contributed by atoms with E-state index in [0.29, 0.717) is 11.7 Å².